The van der Waals surface area contributed by atoms with Crippen LogP contribution in [0.5, 0.6) is 0 Å². The molecule has 21 heavy (non-hydrogen) atoms. The fraction of sp³-hybridized carbons (Fsp3) is 0.905. The van der Waals surface area contributed by atoms with E-state index in [-0.39, 0.29) is 0 Å². The standard InChI is InChI=1S/C21H38/c1-8-15(2)9-11-18-16(3)10-12-19-20(5,6)14-13-17(4)21(18,19)7/h8,15-19H,1,9-14H2,2-7H3/t15-,16+,17?,18+,19+,21-/m1/s1. The van der Waals surface area contributed by atoms with Crippen molar-refractivity contribution in [2.45, 2.75) is 80.1 Å². The summed E-state index contributed by atoms with van der Waals surface area (Å²) in [5.41, 5.74) is 1.10. The Bertz CT molecular complexity index is 366. The highest BCUT2D eigenvalue weighted by Gasteiger charge is 2.56. The van der Waals surface area contributed by atoms with Crippen LogP contribution < -0.4 is 0 Å². The first-order valence-corrected chi connectivity index (χ1v) is 9.36. The van der Waals surface area contributed by atoms with Gasteiger partial charge in [0, 0.05) is 0 Å². The summed E-state index contributed by atoms with van der Waals surface area (Å²) in [5.74, 6) is 4.30. The largest absolute Gasteiger partial charge is 0.103 e. The van der Waals surface area contributed by atoms with E-state index in [1.165, 1.54) is 38.5 Å². The molecule has 2 aliphatic rings. The zero-order valence-corrected chi connectivity index (χ0v) is 15.4. The molecule has 0 radical (unpaired) electrons. The second kappa shape index (κ2) is 6.09. The van der Waals surface area contributed by atoms with Gasteiger partial charge in [0.1, 0.15) is 0 Å². The first kappa shape index (κ1) is 17.1. The molecule has 2 fully saturated rings. The van der Waals surface area contributed by atoms with Crippen LogP contribution in [0.4, 0.5) is 0 Å². The molecule has 0 heteroatoms. The molecule has 6 atom stereocenters. The molecule has 0 heterocycles. The van der Waals surface area contributed by atoms with Crippen LogP contribution >= 0.6 is 0 Å². The lowest BCUT2D eigenvalue weighted by Crippen LogP contribution is -2.54. The second-order valence-corrected chi connectivity index (χ2v) is 9.30. The first-order chi connectivity index (χ1) is 9.73. The molecule has 0 bridgehead atoms. The third-order valence-electron chi connectivity index (χ3n) is 7.71. The number of fused-ring (bicyclic) bond motifs is 1. The van der Waals surface area contributed by atoms with Gasteiger partial charge in [0.2, 0.25) is 0 Å². The zero-order chi connectivity index (χ0) is 15.8. The smallest absolute Gasteiger partial charge is 0.0236 e. The molecule has 2 saturated carbocycles. The molecule has 0 amide bonds. The Labute approximate surface area is 133 Å². The van der Waals surface area contributed by atoms with Crippen molar-refractivity contribution in [1.29, 1.82) is 0 Å². The summed E-state index contributed by atoms with van der Waals surface area (Å²) >= 11 is 0. The minimum absolute atomic E-state index is 0.545. The van der Waals surface area contributed by atoms with E-state index < -0.39 is 0 Å². The van der Waals surface area contributed by atoms with Crippen LogP contribution in [0.2, 0.25) is 0 Å². The van der Waals surface area contributed by atoms with Gasteiger partial charge >= 0.3 is 0 Å². The Balaban J connectivity index is 2.25. The van der Waals surface area contributed by atoms with E-state index >= 15 is 0 Å². The van der Waals surface area contributed by atoms with Gasteiger partial charge in [-0.3, -0.25) is 0 Å². The molecule has 0 aromatic rings. The highest BCUT2D eigenvalue weighted by molar-refractivity contribution is 5.05. The Morgan fingerprint density at radius 3 is 2.43 bits per heavy atom. The van der Waals surface area contributed by atoms with Gasteiger partial charge in [0.25, 0.3) is 0 Å². The molecule has 1 unspecified atom stereocenters. The summed E-state index contributed by atoms with van der Waals surface area (Å²) in [4.78, 5) is 0. The maximum absolute atomic E-state index is 3.98. The number of allylic oxidation sites excluding steroid dienone is 1. The molecule has 0 aromatic heterocycles. The third kappa shape index (κ3) is 2.97. The van der Waals surface area contributed by atoms with Crippen molar-refractivity contribution in [3.63, 3.8) is 0 Å². The Morgan fingerprint density at radius 2 is 1.81 bits per heavy atom. The number of hydrogen-bond donors (Lipinski definition) is 0. The summed E-state index contributed by atoms with van der Waals surface area (Å²) in [6.07, 6.45) is 10.6. The molecule has 122 valence electrons. The minimum Gasteiger partial charge on any atom is -0.103 e. The fourth-order valence-electron chi connectivity index (χ4n) is 5.98. The quantitative estimate of drug-likeness (QED) is 0.504. The van der Waals surface area contributed by atoms with Crippen LogP contribution in [0.25, 0.3) is 0 Å². The van der Waals surface area contributed by atoms with Crippen molar-refractivity contribution in [2.24, 2.45) is 40.4 Å². The van der Waals surface area contributed by atoms with Gasteiger partial charge in [0.15, 0.2) is 0 Å². The first-order valence-electron chi connectivity index (χ1n) is 9.36. The van der Waals surface area contributed by atoms with Crippen LogP contribution in [0, 0.1) is 40.4 Å². The van der Waals surface area contributed by atoms with E-state index in [0.29, 0.717) is 16.7 Å². The molecule has 0 spiro atoms. The van der Waals surface area contributed by atoms with E-state index in [9.17, 15) is 0 Å². The molecule has 2 aliphatic carbocycles. The van der Waals surface area contributed by atoms with Crippen molar-refractivity contribution in [1.82, 2.24) is 0 Å². The predicted octanol–water partition coefficient (Wildman–Crippen LogP) is 6.71. The molecule has 0 nitrogen and oxygen atoms in total. The molecule has 2 rings (SSSR count). The van der Waals surface area contributed by atoms with E-state index in [0.717, 1.165) is 23.7 Å². The van der Waals surface area contributed by atoms with Gasteiger partial charge in [-0.2, -0.15) is 0 Å². The summed E-state index contributed by atoms with van der Waals surface area (Å²) in [5, 5.41) is 0. The van der Waals surface area contributed by atoms with Gasteiger partial charge in [-0.1, -0.05) is 54.0 Å². The topological polar surface area (TPSA) is 0 Å². The van der Waals surface area contributed by atoms with E-state index in [1.54, 1.807) is 0 Å². The number of hydrogen-bond acceptors (Lipinski definition) is 0. The highest BCUT2D eigenvalue weighted by atomic mass is 14.6. The van der Waals surface area contributed by atoms with Crippen LogP contribution in [0.3, 0.4) is 0 Å². The SMILES string of the molecule is C=C[C@@H](C)CC[C@H]1[C@@H](C)CC[C@H]2C(C)(C)CCC(C)[C@]12C. The summed E-state index contributed by atoms with van der Waals surface area (Å²) in [7, 11) is 0. The molecular weight excluding hydrogens is 252 g/mol. The van der Waals surface area contributed by atoms with E-state index in [4.69, 9.17) is 0 Å². The van der Waals surface area contributed by atoms with Crippen LogP contribution in [-0.4, -0.2) is 0 Å². The highest BCUT2D eigenvalue weighted by Crippen LogP contribution is 2.64. The van der Waals surface area contributed by atoms with Crippen molar-refractivity contribution in [3.8, 4) is 0 Å². The van der Waals surface area contributed by atoms with Crippen LogP contribution in [-0.2, 0) is 0 Å². The minimum atomic E-state index is 0.545. The third-order valence-corrected chi connectivity index (χ3v) is 7.71. The molecule has 0 aromatic carbocycles. The van der Waals surface area contributed by atoms with Crippen molar-refractivity contribution >= 4 is 0 Å². The van der Waals surface area contributed by atoms with Gasteiger partial charge in [-0.15, -0.1) is 6.58 Å². The van der Waals surface area contributed by atoms with Gasteiger partial charge in [0.05, 0.1) is 0 Å². The van der Waals surface area contributed by atoms with Crippen molar-refractivity contribution in [3.05, 3.63) is 12.7 Å². The molecular formula is C21H38. The number of rotatable bonds is 4. The average Bonchev–Trinajstić information content (AvgIpc) is 2.42. The maximum Gasteiger partial charge on any atom is -0.0236 e. The van der Waals surface area contributed by atoms with E-state index in [2.05, 4.69) is 54.2 Å². The summed E-state index contributed by atoms with van der Waals surface area (Å²) < 4.78 is 0. The van der Waals surface area contributed by atoms with Crippen molar-refractivity contribution in [2.75, 3.05) is 0 Å². The normalized spacial score (nSPS) is 43.9. The predicted molar refractivity (Wildman–Crippen MR) is 94.3 cm³/mol. The lowest BCUT2D eigenvalue weighted by Gasteiger charge is -2.62. The summed E-state index contributed by atoms with van der Waals surface area (Å²) in [6.45, 7) is 19.1. The Hall–Kier alpha value is -0.260. The van der Waals surface area contributed by atoms with E-state index in [1.807, 2.05) is 0 Å². The monoisotopic (exact) mass is 290 g/mol. The molecule has 0 aliphatic heterocycles. The van der Waals surface area contributed by atoms with Crippen molar-refractivity contribution < 1.29 is 0 Å². The Kier molecular flexibility index (Phi) is 4.96. The van der Waals surface area contributed by atoms with Gasteiger partial charge in [-0.25, -0.2) is 0 Å². The van der Waals surface area contributed by atoms with Gasteiger partial charge < -0.3 is 0 Å². The fourth-order valence-corrected chi connectivity index (χ4v) is 5.98. The second-order valence-electron chi connectivity index (χ2n) is 9.30. The van der Waals surface area contributed by atoms with Crippen LogP contribution in [0.1, 0.15) is 80.1 Å². The average molecular weight is 291 g/mol. The van der Waals surface area contributed by atoms with Crippen LogP contribution in [0.15, 0.2) is 12.7 Å². The summed E-state index contributed by atoms with van der Waals surface area (Å²) in [6, 6.07) is 0. The maximum atomic E-state index is 3.98. The zero-order valence-electron chi connectivity index (χ0n) is 15.4. The molecule has 0 N–H and O–H groups in total. The lowest BCUT2D eigenvalue weighted by atomic mass is 9.43. The van der Waals surface area contributed by atoms with Gasteiger partial charge in [-0.05, 0) is 72.5 Å². The Morgan fingerprint density at radius 1 is 1.14 bits per heavy atom. The molecule has 0 saturated heterocycles. The lowest BCUT2D eigenvalue weighted by molar-refractivity contribution is -0.130.